The molecule has 0 amide bonds. The van der Waals surface area contributed by atoms with Crippen molar-refractivity contribution in [1.29, 1.82) is 5.26 Å². The molecule has 0 saturated heterocycles. The molecule has 0 aliphatic carbocycles. The molecule has 4 aromatic rings. The van der Waals surface area contributed by atoms with Crippen LogP contribution in [0.3, 0.4) is 0 Å². The van der Waals surface area contributed by atoms with Gasteiger partial charge in [0.15, 0.2) is 17.3 Å². The molecule has 0 spiro atoms. The number of anilines is 1. The minimum absolute atomic E-state index is 0.0619. The van der Waals surface area contributed by atoms with Gasteiger partial charge in [-0.1, -0.05) is 29.4 Å². The first-order chi connectivity index (χ1) is 18.3. The lowest BCUT2D eigenvalue weighted by atomic mass is 9.90. The van der Waals surface area contributed by atoms with Crippen molar-refractivity contribution in [3.63, 3.8) is 0 Å². The molecule has 1 unspecified atom stereocenters. The average molecular weight is 514 g/mol. The molecular formula is C28H31N7O3. The fourth-order valence-electron chi connectivity index (χ4n) is 3.86. The number of nitrogens with one attached hydrogen (secondary N) is 1. The van der Waals surface area contributed by atoms with Crippen LogP contribution in [0.4, 0.5) is 5.82 Å². The molecule has 10 nitrogen and oxygen atoms in total. The number of hydrogen-bond donors (Lipinski definition) is 3. The normalized spacial score (nSPS) is 12.3. The average Bonchev–Trinajstić information content (AvgIpc) is 3.43. The maximum Gasteiger partial charge on any atom is 0.189 e. The summed E-state index contributed by atoms with van der Waals surface area (Å²) in [6.45, 7) is 5.55. The first kappa shape index (κ1) is 26.9. The monoisotopic (exact) mass is 513 g/mol. The van der Waals surface area contributed by atoms with Crippen LogP contribution in [0.1, 0.15) is 25.1 Å². The number of aliphatic hydroxyl groups excluding tert-OH is 1. The van der Waals surface area contributed by atoms with Gasteiger partial charge < -0.3 is 25.4 Å². The highest BCUT2D eigenvalue weighted by atomic mass is 16.5. The number of aromatic nitrogens is 4. The van der Waals surface area contributed by atoms with Crippen LogP contribution in [0.25, 0.3) is 34.0 Å². The third-order valence-corrected chi connectivity index (χ3v) is 6.19. The number of ether oxygens (including phenoxy) is 1. The van der Waals surface area contributed by atoms with Gasteiger partial charge in [0.1, 0.15) is 5.69 Å². The predicted molar refractivity (Wildman–Crippen MR) is 143 cm³/mol. The number of rotatable bonds is 11. The molecule has 0 bridgehead atoms. The Labute approximate surface area is 221 Å². The van der Waals surface area contributed by atoms with Gasteiger partial charge in [-0.3, -0.25) is 4.98 Å². The van der Waals surface area contributed by atoms with Crippen LogP contribution in [0.2, 0.25) is 0 Å². The third-order valence-electron chi connectivity index (χ3n) is 6.19. The van der Waals surface area contributed by atoms with Gasteiger partial charge in [0.05, 0.1) is 35.7 Å². The van der Waals surface area contributed by atoms with E-state index in [2.05, 4.69) is 31.5 Å². The number of nitrogens with two attached hydrogens (primary N) is 1. The second-order valence-electron chi connectivity index (χ2n) is 9.56. The Morgan fingerprint density at radius 2 is 1.92 bits per heavy atom. The standard InChI is InChI=1S/C28H31N7O3/c1-28(2,17-29)25-10-21(8-9-32-25)23-14-33-27(30)26(34-23)24-11-22(35-38-24)20-6-4-18(5-7-20)12-31-13-19(15-36)16-37-3/h4-11,14,19,31,36H,12-13,15-16H2,1-3H3,(H2,30,33). The van der Waals surface area contributed by atoms with Gasteiger partial charge in [-0.15, -0.1) is 0 Å². The SMILES string of the molecule is COCC(CO)CNCc1ccc(-c2cc(-c3nc(-c4ccnc(C(C)(C)C#N)c4)cnc3N)on2)cc1. The molecule has 0 aliphatic rings. The zero-order valence-corrected chi connectivity index (χ0v) is 21.7. The molecule has 3 heterocycles. The van der Waals surface area contributed by atoms with Gasteiger partial charge in [-0.25, -0.2) is 9.97 Å². The minimum Gasteiger partial charge on any atom is -0.396 e. The van der Waals surface area contributed by atoms with Crippen molar-refractivity contribution in [2.75, 3.05) is 32.6 Å². The number of nitrogen functional groups attached to an aromatic ring is 1. The van der Waals surface area contributed by atoms with E-state index in [0.717, 1.165) is 16.7 Å². The number of methoxy groups -OCH3 is 1. The van der Waals surface area contributed by atoms with Crippen molar-refractivity contribution in [1.82, 2.24) is 25.4 Å². The van der Waals surface area contributed by atoms with E-state index in [1.54, 1.807) is 25.6 Å². The topological polar surface area (TPSA) is 156 Å². The highest BCUT2D eigenvalue weighted by Gasteiger charge is 2.22. The predicted octanol–water partition coefficient (Wildman–Crippen LogP) is 3.59. The summed E-state index contributed by atoms with van der Waals surface area (Å²) in [6, 6.07) is 15.7. The summed E-state index contributed by atoms with van der Waals surface area (Å²) in [7, 11) is 1.63. The summed E-state index contributed by atoms with van der Waals surface area (Å²) < 4.78 is 10.7. The smallest absolute Gasteiger partial charge is 0.189 e. The molecule has 0 radical (unpaired) electrons. The third kappa shape index (κ3) is 6.20. The van der Waals surface area contributed by atoms with E-state index >= 15 is 0 Å². The van der Waals surface area contributed by atoms with Crippen molar-refractivity contribution >= 4 is 5.82 Å². The second kappa shape index (κ2) is 11.9. The molecule has 0 saturated carbocycles. The molecular weight excluding hydrogens is 482 g/mol. The van der Waals surface area contributed by atoms with Crippen LogP contribution in [-0.2, 0) is 16.7 Å². The number of pyridine rings is 1. The van der Waals surface area contributed by atoms with Crippen molar-refractivity contribution in [2.45, 2.75) is 25.8 Å². The Morgan fingerprint density at radius 1 is 1.13 bits per heavy atom. The van der Waals surface area contributed by atoms with Gasteiger partial charge >= 0.3 is 0 Å². The number of benzene rings is 1. The molecule has 10 heteroatoms. The Balaban J connectivity index is 1.50. The van der Waals surface area contributed by atoms with Gasteiger partial charge in [0, 0.05) is 56.1 Å². The number of nitriles is 1. The van der Waals surface area contributed by atoms with E-state index in [4.69, 9.17) is 15.0 Å². The first-order valence-corrected chi connectivity index (χ1v) is 12.2. The van der Waals surface area contributed by atoms with Crippen LogP contribution in [0, 0.1) is 17.2 Å². The lowest BCUT2D eigenvalue weighted by molar-refractivity contribution is 0.109. The zero-order chi connectivity index (χ0) is 27.1. The van der Waals surface area contributed by atoms with E-state index in [9.17, 15) is 10.4 Å². The summed E-state index contributed by atoms with van der Waals surface area (Å²) in [5.41, 5.74) is 10.4. The van der Waals surface area contributed by atoms with Crippen LogP contribution in [0.15, 0.2) is 59.4 Å². The maximum atomic E-state index is 9.47. The van der Waals surface area contributed by atoms with Crippen molar-refractivity contribution in [3.8, 4) is 40.0 Å². The van der Waals surface area contributed by atoms with Crippen molar-refractivity contribution < 1.29 is 14.4 Å². The zero-order valence-electron chi connectivity index (χ0n) is 21.7. The summed E-state index contributed by atoms with van der Waals surface area (Å²) in [4.78, 5) is 13.3. The van der Waals surface area contributed by atoms with Crippen LogP contribution >= 0.6 is 0 Å². The number of hydrogen-bond acceptors (Lipinski definition) is 10. The molecule has 4 rings (SSSR count). The van der Waals surface area contributed by atoms with Gasteiger partial charge in [-0.05, 0) is 31.5 Å². The van der Waals surface area contributed by atoms with Crippen LogP contribution < -0.4 is 11.1 Å². The Hall–Kier alpha value is -4.17. The summed E-state index contributed by atoms with van der Waals surface area (Å²) >= 11 is 0. The quantitative estimate of drug-likeness (QED) is 0.271. The highest BCUT2D eigenvalue weighted by molar-refractivity contribution is 5.73. The fourth-order valence-corrected chi connectivity index (χ4v) is 3.86. The summed E-state index contributed by atoms with van der Waals surface area (Å²) in [5, 5.41) is 26.4. The molecule has 1 atom stereocenters. The van der Waals surface area contributed by atoms with E-state index in [1.807, 2.05) is 50.2 Å². The summed E-state index contributed by atoms with van der Waals surface area (Å²) in [6.07, 6.45) is 3.23. The van der Waals surface area contributed by atoms with Gasteiger partial charge in [-0.2, -0.15) is 5.26 Å². The molecule has 196 valence electrons. The highest BCUT2D eigenvalue weighted by Crippen LogP contribution is 2.30. The van der Waals surface area contributed by atoms with E-state index in [0.29, 0.717) is 48.2 Å². The molecule has 38 heavy (non-hydrogen) atoms. The van der Waals surface area contributed by atoms with Crippen LogP contribution in [-0.4, -0.2) is 52.1 Å². The maximum absolute atomic E-state index is 9.47. The first-order valence-electron chi connectivity index (χ1n) is 12.2. The lowest BCUT2D eigenvalue weighted by Crippen LogP contribution is -2.27. The number of aliphatic hydroxyl groups is 1. The van der Waals surface area contributed by atoms with Crippen molar-refractivity contribution in [2.24, 2.45) is 5.92 Å². The van der Waals surface area contributed by atoms with Crippen LogP contribution in [0.5, 0.6) is 0 Å². The molecule has 4 N–H and O–H groups in total. The molecule has 1 aromatic carbocycles. The Bertz CT molecular complexity index is 1410. The minimum atomic E-state index is -0.739. The number of nitrogens with zero attached hydrogens (tertiary/aromatic N) is 5. The fraction of sp³-hybridized carbons (Fsp3) is 0.321. The van der Waals surface area contributed by atoms with E-state index in [1.165, 1.54) is 0 Å². The lowest BCUT2D eigenvalue weighted by Gasteiger charge is -2.15. The van der Waals surface area contributed by atoms with Gasteiger partial charge in [0.2, 0.25) is 0 Å². The molecule has 0 fully saturated rings. The Morgan fingerprint density at radius 3 is 2.63 bits per heavy atom. The second-order valence-corrected chi connectivity index (χ2v) is 9.56. The summed E-state index contributed by atoms with van der Waals surface area (Å²) in [5.74, 6) is 0.684. The largest absolute Gasteiger partial charge is 0.396 e. The van der Waals surface area contributed by atoms with Gasteiger partial charge in [0.25, 0.3) is 0 Å². The van der Waals surface area contributed by atoms with Crippen molar-refractivity contribution in [3.05, 3.63) is 66.1 Å². The van der Waals surface area contributed by atoms with E-state index in [-0.39, 0.29) is 18.3 Å². The molecule has 0 aliphatic heterocycles. The Kier molecular flexibility index (Phi) is 8.43. The molecule has 3 aromatic heterocycles. The van der Waals surface area contributed by atoms with E-state index < -0.39 is 5.41 Å².